The minimum atomic E-state index is -3.59. The van der Waals surface area contributed by atoms with Crippen molar-refractivity contribution in [3.63, 3.8) is 0 Å². The maximum atomic E-state index is 12.1. The summed E-state index contributed by atoms with van der Waals surface area (Å²) in [6.07, 6.45) is 0. The standard InChI is InChI=1S/C15H17NO5S/c1-11-3-7-15(8-4-11)22(18,19)16-9-13-5-6-14(21-13)10-20-12(2)17/h3-8,16H,9-10H2,1-2H3. The largest absolute Gasteiger partial charge is 0.461 e. The number of carbonyl (C=O) groups is 1. The molecular weight excluding hydrogens is 306 g/mol. The number of hydrogen-bond acceptors (Lipinski definition) is 5. The van der Waals surface area contributed by atoms with Crippen LogP contribution in [0.2, 0.25) is 0 Å². The van der Waals surface area contributed by atoms with Crippen molar-refractivity contribution in [1.82, 2.24) is 4.72 Å². The van der Waals surface area contributed by atoms with Crippen LogP contribution in [0.4, 0.5) is 0 Å². The van der Waals surface area contributed by atoms with Crippen LogP contribution in [0.5, 0.6) is 0 Å². The van der Waals surface area contributed by atoms with Crippen molar-refractivity contribution in [3.05, 3.63) is 53.5 Å². The number of ether oxygens (including phenoxy) is 1. The second-order valence-electron chi connectivity index (χ2n) is 4.79. The summed E-state index contributed by atoms with van der Waals surface area (Å²) in [4.78, 5) is 10.9. The van der Waals surface area contributed by atoms with Crippen LogP contribution in [0.3, 0.4) is 0 Å². The van der Waals surface area contributed by atoms with E-state index < -0.39 is 16.0 Å². The number of rotatable bonds is 6. The van der Waals surface area contributed by atoms with Gasteiger partial charge in [0.15, 0.2) is 0 Å². The molecular formula is C15H17NO5S. The first kappa shape index (κ1) is 16.3. The molecule has 0 aliphatic rings. The highest BCUT2D eigenvalue weighted by Gasteiger charge is 2.14. The van der Waals surface area contributed by atoms with Gasteiger partial charge in [0.2, 0.25) is 10.0 Å². The van der Waals surface area contributed by atoms with Crippen molar-refractivity contribution in [2.45, 2.75) is 31.9 Å². The third-order valence-electron chi connectivity index (χ3n) is 2.90. The van der Waals surface area contributed by atoms with Crippen molar-refractivity contribution in [2.75, 3.05) is 0 Å². The second-order valence-corrected chi connectivity index (χ2v) is 6.55. The molecule has 1 N–H and O–H groups in total. The van der Waals surface area contributed by atoms with E-state index in [1.807, 2.05) is 6.92 Å². The molecule has 0 radical (unpaired) electrons. The highest BCUT2D eigenvalue weighted by Crippen LogP contribution is 2.13. The molecule has 0 atom stereocenters. The van der Waals surface area contributed by atoms with Gasteiger partial charge in [-0.3, -0.25) is 4.79 Å². The Morgan fingerprint density at radius 3 is 2.41 bits per heavy atom. The van der Waals surface area contributed by atoms with Crippen molar-refractivity contribution >= 4 is 16.0 Å². The lowest BCUT2D eigenvalue weighted by molar-refractivity contribution is -0.142. The smallest absolute Gasteiger partial charge is 0.303 e. The van der Waals surface area contributed by atoms with Gasteiger partial charge in [-0.15, -0.1) is 0 Å². The van der Waals surface area contributed by atoms with E-state index in [0.29, 0.717) is 11.5 Å². The van der Waals surface area contributed by atoms with Crippen LogP contribution in [0.25, 0.3) is 0 Å². The summed E-state index contributed by atoms with van der Waals surface area (Å²) < 4.78 is 36.9. The maximum Gasteiger partial charge on any atom is 0.303 e. The molecule has 0 saturated heterocycles. The Labute approximate surface area is 129 Å². The summed E-state index contributed by atoms with van der Waals surface area (Å²) in [6, 6.07) is 9.84. The molecule has 0 bridgehead atoms. The Morgan fingerprint density at radius 1 is 1.14 bits per heavy atom. The summed E-state index contributed by atoms with van der Waals surface area (Å²) >= 11 is 0. The highest BCUT2D eigenvalue weighted by molar-refractivity contribution is 7.89. The molecule has 0 aliphatic heterocycles. The molecule has 2 rings (SSSR count). The Hall–Kier alpha value is -2.12. The lowest BCUT2D eigenvalue weighted by Crippen LogP contribution is -2.22. The van der Waals surface area contributed by atoms with Crippen LogP contribution in [0, 0.1) is 6.92 Å². The predicted octanol–water partition coefficient (Wildman–Crippen LogP) is 2.13. The van der Waals surface area contributed by atoms with Crippen LogP contribution >= 0.6 is 0 Å². The third-order valence-corrected chi connectivity index (χ3v) is 4.32. The zero-order valence-corrected chi connectivity index (χ0v) is 13.1. The van der Waals surface area contributed by atoms with Crippen molar-refractivity contribution < 1.29 is 22.4 Å². The molecule has 118 valence electrons. The van der Waals surface area contributed by atoms with Gasteiger partial charge in [0.1, 0.15) is 18.1 Å². The van der Waals surface area contributed by atoms with Gasteiger partial charge in [0.05, 0.1) is 11.4 Å². The SMILES string of the molecule is CC(=O)OCc1ccc(CNS(=O)(=O)c2ccc(C)cc2)o1. The van der Waals surface area contributed by atoms with Gasteiger partial charge in [-0.2, -0.15) is 0 Å². The number of sulfonamides is 1. The van der Waals surface area contributed by atoms with Gasteiger partial charge in [0.25, 0.3) is 0 Å². The molecule has 1 heterocycles. The van der Waals surface area contributed by atoms with E-state index in [1.165, 1.54) is 6.92 Å². The molecule has 1 aromatic heterocycles. The van der Waals surface area contributed by atoms with Gasteiger partial charge >= 0.3 is 5.97 Å². The number of aryl methyl sites for hydroxylation is 1. The summed E-state index contributed by atoms with van der Waals surface area (Å²) in [5.41, 5.74) is 0.986. The van der Waals surface area contributed by atoms with Crippen molar-refractivity contribution in [2.24, 2.45) is 0 Å². The Balaban J connectivity index is 1.97. The lowest BCUT2D eigenvalue weighted by atomic mass is 10.2. The van der Waals surface area contributed by atoms with Gasteiger partial charge in [-0.05, 0) is 31.2 Å². The first-order valence-corrected chi connectivity index (χ1v) is 8.12. The van der Waals surface area contributed by atoms with Crippen LogP contribution in [0.15, 0.2) is 45.7 Å². The van der Waals surface area contributed by atoms with Gasteiger partial charge in [-0.1, -0.05) is 17.7 Å². The maximum absolute atomic E-state index is 12.1. The lowest BCUT2D eigenvalue weighted by Gasteiger charge is -2.05. The fourth-order valence-corrected chi connectivity index (χ4v) is 2.73. The fraction of sp³-hybridized carbons (Fsp3) is 0.267. The van der Waals surface area contributed by atoms with E-state index in [1.54, 1.807) is 36.4 Å². The summed E-state index contributed by atoms with van der Waals surface area (Å²) in [7, 11) is -3.59. The average Bonchev–Trinajstić information content (AvgIpc) is 2.92. The predicted molar refractivity (Wildman–Crippen MR) is 79.4 cm³/mol. The van der Waals surface area contributed by atoms with E-state index in [0.717, 1.165) is 5.56 Å². The third kappa shape index (κ3) is 4.44. The van der Waals surface area contributed by atoms with Crippen molar-refractivity contribution in [3.8, 4) is 0 Å². The number of benzene rings is 1. The Kier molecular flexibility index (Phi) is 4.99. The quantitative estimate of drug-likeness (QED) is 0.823. The van der Waals surface area contributed by atoms with Crippen LogP contribution in [0.1, 0.15) is 24.0 Å². The molecule has 0 fully saturated rings. The van der Waals surface area contributed by atoms with E-state index in [4.69, 9.17) is 9.15 Å². The molecule has 2 aromatic rings. The molecule has 0 amide bonds. The number of nitrogens with one attached hydrogen (secondary N) is 1. The minimum absolute atomic E-state index is 0.0241. The van der Waals surface area contributed by atoms with Crippen LogP contribution in [-0.2, 0) is 32.7 Å². The van der Waals surface area contributed by atoms with Crippen molar-refractivity contribution in [1.29, 1.82) is 0 Å². The van der Waals surface area contributed by atoms with E-state index in [2.05, 4.69) is 4.72 Å². The summed E-state index contributed by atoms with van der Waals surface area (Å²) in [6.45, 7) is 3.24. The van der Waals surface area contributed by atoms with Gasteiger partial charge < -0.3 is 9.15 Å². The van der Waals surface area contributed by atoms with E-state index in [9.17, 15) is 13.2 Å². The molecule has 1 aromatic carbocycles. The first-order chi connectivity index (χ1) is 10.4. The molecule has 0 saturated carbocycles. The number of hydrogen-bond donors (Lipinski definition) is 1. The Morgan fingerprint density at radius 2 is 1.77 bits per heavy atom. The average molecular weight is 323 g/mol. The molecule has 7 heteroatoms. The summed E-state index contributed by atoms with van der Waals surface area (Å²) in [5, 5.41) is 0. The first-order valence-electron chi connectivity index (χ1n) is 6.64. The van der Waals surface area contributed by atoms with Gasteiger partial charge in [-0.25, -0.2) is 13.1 Å². The van der Waals surface area contributed by atoms with E-state index >= 15 is 0 Å². The summed E-state index contributed by atoms with van der Waals surface area (Å²) in [5.74, 6) is 0.496. The Bertz CT molecular complexity index is 746. The minimum Gasteiger partial charge on any atom is -0.461 e. The van der Waals surface area contributed by atoms with Crippen LogP contribution in [-0.4, -0.2) is 14.4 Å². The monoisotopic (exact) mass is 323 g/mol. The zero-order valence-electron chi connectivity index (χ0n) is 12.3. The van der Waals surface area contributed by atoms with Crippen LogP contribution < -0.4 is 4.72 Å². The molecule has 0 aliphatic carbocycles. The van der Waals surface area contributed by atoms with E-state index in [-0.39, 0.29) is 18.0 Å². The normalized spacial score (nSPS) is 11.4. The molecule has 0 spiro atoms. The highest BCUT2D eigenvalue weighted by atomic mass is 32.2. The molecule has 6 nitrogen and oxygen atoms in total. The number of furan rings is 1. The fourth-order valence-electron chi connectivity index (χ4n) is 1.73. The second kappa shape index (κ2) is 6.76. The molecule has 0 unspecified atom stereocenters. The topological polar surface area (TPSA) is 85.6 Å². The molecule has 22 heavy (non-hydrogen) atoms. The van der Waals surface area contributed by atoms with Gasteiger partial charge in [0, 0.05) is 6.92 Å². The number of carbonyl (C=O) groups excluding carboxylic acids is 1. The number of esters is 1. The zero-order chi connectivity index (χ0) is 16.2.